The monoisotopic (exact) mass is 477 g/mol. The number of nitrogen functional groups attached to an aromatic ring is 1. The zero-order valence-corrected chi connectivity index (χ0v) is 19.1. The Morgan fingerprint density at radius 3 is 2.85 bits per heavy atom. The number of hydrogen-bond acceptors (Lipinski definition) is 6. The molecule has 1 aliphatic carbocycles. The topological polar surface area (TPSA) is 131 Å². The maximum Gasteiger partial charge on any atom is 0.294 e. The lowest BCUT2D eigenvalue weighted by Crippen LogP contribution is -2.37. The van der Waals surface area contributed by atoms with Gasteiger partial charge in [-0.15, -0.1) is 0 Å². The lowest BCUT2D eigenvalue weighted by molar-refractivity contribution is -0.121. The second kappa shape index (κ2) is 9.18. The van der Waals surface area contributed by atoms with Crippen molar-refractivity contribution in [1.29, 1.82) is 0 Å². The summed E-state index contributed by atoms with van der Waals surface area (Å²) >= 11 is 6.55. The minimum atomic E-state index is -0.400. The molecule has 9 nitrogen and oxygen atoms in total. The fourth-order valence-corrected chi connectivity index (χ4v) is 4.28. The number of halogens is 1. The normalized spacial score (nSPS) is 13.6. The van der Waals surface area contributed by atoms with Gasteiger partial charge >= 0.3 is 0 Å². The van der Waals surface area contributed by atoms with Crippen LogP contribution < -0.4 is 21.9 Å². The molecule has 34 heavy (non-hydrogen) atoms. The highest BCUT2D eigenvalue weighted by Gasteiger charge is 2.23. The van der Waals surface area contributed by atoms with E-state index >= 15 is 0 Å². The molecule has 1 aliphatic rings. The second-order valence-electron chi connectivity index (χ2n) is 8.42. The predicted octanol–water partition coefficient (Wildman–Crippen LogP) is 3.30. The summed E-state index contributed by atoms with van der Waals surface area (Å²) in [5.41, 5.74) is 9.69. The second-order valence-corrected chi connectivity index (χ2v) is 8.78. The van der Waals surface area contributed by atoms with E-state index in [1.54, 1.807) is 30.6 Å². The molecule has 1 amide bonds. The van der Waals surface area contributed by atoms with Crippen LogP contribution in [0.1, 0.15) is 24.8 Å². The Bertz CT molecular complexity index is 1420. The molecule has 0 aliphatic heterocycles. The van der Waals surface area contributed by atoms with Gasteiger partial charge in [-0.05, 0) is 49.1 Å². The number of aromatic nitrogens is 4. The van der Waals surface area contributed by atoms with E-state index in [0.29, 0.717) is 23.5 Å². The van der Waals surface area contributed by atoms with Crippen molar-refractivity contribution in [1.82, 2.24) is 24.8 Å². The first kappa shape index (κ1) is 22.0. The number of carbonyl (C=O) groups excluding carboxylic acids is 1. The third-order valence-corrected chi connectivity index (χ3v) is 6.27. The molecular weight excluding hydrogens is 454 g/mol. The van der Waals surface area contributed by atoms with Crippen LogP contribution >= 0.6 is 11.6 Å². The maximum absolute atomic E-state index is 13.4. The Balaban J connectivity index is 1.43. The van der Waals surface area contributed by atoms with Gasteiger partial charge < -0.3 is 21.4 Å². The molecule has 5 N–H and O–H groups in total. The van der Waals surface area contributed by atoms with Crippen molar-refractivity contribution in [3.05, 3.63) is 69.9 Å². The molecule has 0 atom stereocenters. The summed E-state index contributed by atoms with van der Waals surface area (Å²) in [5, 5.41) is 6.18. The van der Waals surface area contributed by atoms with Crippen LogP contribution in [0.4, 0.5) is 11.5 Å². The molecule has 174 valence electrons. The van der Waals surface area contributed by atoms with Crippen LogP contribution in [-0.4, -0.2) is 31.5 Å². The number of benzene rings is 2. The number of hydrogen-bond donors (Lipinski definition) is 4. The van der Waals surface area contributed by atoms with Gasteiger partial charge in [0.1, 0.15) is 6.54 Å². The van der Waals surface area contributed by atoms with Crippen molar-refractivity contribution in [3.63, 3.8) is 0 Å². The number of anilines is 2. The van der Waals surface area contributed by atoms with E-state index in [0.717, 1.165) is 35.9 Å². The number of nitrogens with zero attached hydrogens (tertiary/aromatic N) is 3. The molecule has 2 aromatic carbocycles. The van der Waals surface area contributed by atoms with E-state index in [9.17, 15) is 9.59 Å². The molecule has 0 unspecified atom stereocenters. The number of nitrogens with two attached hydrogens (primary N) is 1. The summed E-state index contributed by atoms with van der Waals surface area (Å²) in [7, 11) is 0. The molecule has 4 aromatic rings. The van der Waals surface area contributed by atoms with Crippen LogP contribution in [0, 0.1) is 0 Å². The Labute approximate surface area is 200 Å². The average Bonchev–Trinajstić information content (AvgIpc) is 3.25. The van der Waals surface area contributed by atoms with Crippen LogP contribution in [0.5, 0.6) is 0 Å². The number of rotatable bonds is 7. The molecule has 10 heteroatoms. The third kappa shape index (κ3) is 4.47. The fraction of sp³-hybridized carbons (Fsp3) is 0.250. The van der Waals surface area contributed by atoms with E-state index in [1.807, 2.05) is 18.2 Å². The molecule has 1 saturated carbocycles. The van der Waals surface area contributed by atoms with Gasteiger partial charge in [-0.1, -0.05) is 29.8 Å². The Kier molecular flexibility index (Phi) is 5.93. The van der Waals surface area contributed by atoms with Crippen LogP contribution in [0.15, 0.2) is 53.6 Å². The van der Waals surface area contributed by atoms with E-state index in [2.05, 4.69) is 25.6 Å². The van der Waals surface area contributed by atoms with E-state index < -0.39 is 5.56 Å². The van der Waals surface area contributed by atoms with Crippen molar-refractivity contribution in [2.45, 2.75) is 38.4 Å². The van der Waals surface area contributed by atoms with Gasteiger partial charge in [0.15, 0.2) is 11.0 Å². The molecule has 1 fully saturated rings. The number of fused-ring (bicyclic) bond motifs is 1. The van der Waals surface area contributed by atoms with Gasteiger partial charge in [-0.2, -0.15) is 0 Å². The smallest absolute Gasteiger partial charge is 0.294 e. The molecule has 2 aromatic heterocycles. The Morgan fingerprint density at radius 2 is 2.09 bits per heavy atom. The summed E-state index contributed by atoms with van der Waals surface area (Å²) < 4.78 is 1.36. The van der Waals surface area contributed by atoms with Gasteiger partial charge in [0.2, 0.25) is 5.91 Å². The van der Waals surface area contributed by atoms with Crippen molar-refractivity contribution in [2.75, 3.05) is 11.1 Å². The third-order valence-electron chi connectivity index (χ3n) is 6.01. The summed E-state index contributed by atoms with van der Waals surface area (Å²) in [6, 6.07) is 12.9. The maximum atomic E-state index is 13.4. The Hall–Kier alpha value is -3.85. The SMILES string of the molecule is Nc1cccc(-c2c(Cl)nc(NC3CCC3)c(=O)n2CC(=O)NCc2ccc3nc[nH]c3c2)c1. The standard InChI is InChI=1S/C24H24ClN7O2/c25-22-21(15-3-1-4-16(26)10-15)32(24(34)23(31-22)30-17-5-2-6-17)12-20(33)27-11-14-7-8-18-19(9-14)29-13-28-18/h1,3-4,7-10,13,17H,2,5-6,11-12,26H2,(H,27,33)(H,28,29)(H,30,31). The van der Waals surface area contributed by atoms with Crippen LogP contribution in [-0.2, 0) is 17.9 Å². The highest BCUT2D eigenvalue weighted by Crippen LogP contribution is 2.29. The lowest BCUT2D eigenvalue weighted by atomic mass is 9.93. The van der Waals surface area contributed by atoms with E-state index in [-0.39, 0.29) is 29.5 Å². The Morgan fingerprint density at radius 1 is 1.24 bits per heavy atom. The summed E-state index contributed by atoms with van der Waals surface area (Å²) in [5.74, 6) is -0.173. The molecule has 0 radical (unpaired) electrons. The lowest BCUT2D eigenvalue weighted by Gasteiger charge is -2.27. The van der Waals surface area contributed by atoms with Crippen LogP contribution in [0.2, 0.25) is 5.15 Å². The molecule has 0 bridgehead atoms. The van der Waals surface area contributed by atoms with E-state index in [4.69, 9.17) is 17.3 Å². The number of H-pyrrole nitrogens is 1. The van der Waals surface area contributed by atoms with Gasteiger partial charge in [-0.25, -0.2) is 9.97 Å². The zero-order valence-electron chi connectivity index (χ0n) is 18.3. The van der Waals surface area contributed by atoms with Gasteiger partial charge in [0.05, 0.1) is 23.1 Å². The summed E-state index contributed by atoms with van der Waals surface area (Å²) in [4.78, 5) is 37.9. The first-order valence-electron chi connectivity index (χ1n) is 11.1. The fourth-order valence-electron chi connectivity index (χ4n) is 3.98. The van der Waals surface area contributed by atoms with Crippen LogP contribution in [0.3, 0.4) is 0 Å². The number of amides is 1. The van der Waals surface area contributed by atoms with Crippen molar-refractivity contribution >= 4 is 40.0 Å². The number of imidazole rings is 1. The minimum absolute atomic E-state index is 0.129. The van der Waals surface area contributed by atoms with E-state index in [1.165, 1.54) is 4.57 Å². The quantitative estimate of drug-likeness (QED) is 0.302. The largest absolute Gasteiger partial charge is 0.399 e. The molecule has 5 rings (SSSR count). The highest BCUT2D eigenvalue weighted by molar-refractivity contribution is 6.32. The summed E-state index contributed by atoms with van der Waals surface area (Å²) in [6.45, 7) is 0.0962. The zero-order chi connectivity index (χ0) is 23.7. The highest BCUT2D eigenvalue weighted by atomic mass is 35.5. The first-order valence-corrected chi connectivity index (χ1v) is 11.5. The molecule has 2 heterocycles. The average molecular weight is 478 g/mol. The number of carbonyl (C=O) groups is 1. The van der Waals surface area contributed by atoms with Crippen molar-refractivity contribution in [2.24, 2.45) is 0 Å². The number of nitrogens with one attached hydrogen (secondary N) is 3. The van der Waals surface area contributed by atoms with Crippen molar-refractivity contribution < 1.29 is 4.79 Å². The minimum Gasteiger partial charge on any atom is -0.399 e. The summed E-state index contributed by atoms with van der Waals surface area (Å²) in [6.07, 6.45) is 4.67. The number of aromatic amines is 1. The molecule has 0 spiro atoms. The first-order chi connectivity index (χ1) is 16.5. The molecule has 0 saturated heterocycles. The van der Waals surface area contributed by atoms with Gasteiger partial charge in [0.25, 0.3) is 5.56 Å². The predicted molar refractivity (Wildman–Crippen MR) is 133 cm³/mol. The van der Waals surface area contributed by atoms with Crippen LogP contribution in [0.25, 0.3) is 22.3 Å². The van der Waals surface area contributed by atoms with Crippen molar-refractivity contribution in [3.8, 4) is 11.3 Å². The van der Waals surface area contributed by atoms with Gasteiger partial charge in [0, 0.05) is 23.8 Å². The van der Waals surface area contributed by atoms with Gasteiger partial charge in [-0.3, -0.25) is 14.2 Å². The molecular formula is C24H24ClN7O2.